The Hall–Kier alpha value is -3.12. The molecular weight excluding hydrogens is 402 g/mol. The molecule has 170 valence electrons. The average molecular weight is 436 g/mol. The Balaban J connectivity index is 2.02. The van der Waals surface area contributed by atoms with Gasteiger partial charge in [-0.25, -0.2) is 0 Å². The van der Waals surface area contributed by atoms with Crippen molar-refractivity contribution in [1.29, 1.82) is 0 Å². The minimum Gasteiger partial charge on any atom is -0.385 e. The van der Waals surface area contributed by atoms with E-state index in [2.05, 4.69) is 23.9 Å². The van der Waals surface area contributed by atoms with Crippen LogP contribution >= 0.6 is 0 Å². The van der Waals surface area contributed by atoms with Crippen molar-refractivity contribution in [3.05, 3.63) is 71.3 Å². The van der Waals surface area contributed by atoms with Gasteiger partial charge >= 0.3 is 0 Å². The largest absolute Gasteiger partial charge is 0.385 e. The summed E-state index contributed by atoms with van der Waals surface area (Å²) in [6.07, 6.45) is 0.751. The van der Waals surface area contributed by atoms with Crippen molar-refractivity contribution in [2.24, 2.45) is 0 Å². The zero-order chi connectivity index (χ0) is 22.9. The van der Waals surface area contributed by atoms with E-state index in [1.165, 1.54) is 0 Å². The Morgan fingerprint density at radius 3 is 2.38 bits per heavy atom. The summed E-state index contributed by atoms with van der Waals surface area (Å²) >= 11 is 0. The first-order chi connectivity index (χ1) is 15.6. The highest BCUT2D eigenvalue weighted by atomic mass is 16.5. The van der Waals surface area contributed by atoms with E-state index in [4.69, 9.17) is 9.26 Å². The summed E-state index contributed by atoms with van der Waals surface area (Å²) in [7, 11) is 1.68. The van der Waals surface area contributed by atoms with E-state index in [1.807, 2.05) is 66.4 Å². The van der Waals surface area contributed by atoms with Crippen LogP contribution in [0.5, 0.6) is 0 Å². The number of methoxy groups -OCH3 is 1. The molecule has 0 aliphatic rings. The van der Waals surface area contributed by atoms with Crippen molar-refractivity contribution in [1.82, 2.24) is 10.1 Å². The SMILES string of the molecule is CCN(CC)c1onc(-c2ccccc2)c1CN(CCCOC)C(=O)c1ccccc1C. The van der Waals surface area contributed by atoms with Crippen molar-refractivity contribution < 1.29 is 14.1 Å². The van der Waals surface area contributed by atoms with Gasteiger partial charge in [-0.1, -0.05) is 53.7 Å². The van der Waals surface area contributed by atoms with Crippen LogP contribution in [0.4, 0.5) is 5.88 Å². The van der Waals surface area contributed by atoms with Crippen LogP contribution in [0.1, 0.15) is 41.8 Å². The molecule has 0 radical (unpaired) electrons. The van der Waals surface area contributed by atoms with E-state index in [-0.39, 0.29) is 5.91 Å². The number of benzene rings is 2. The minimum absolute atomic E-state index is 0.00455. The second kappa shape index (κ2) is 11.5. The molecule has 0 saturated carbocycles. The van der Waals surface area contributed by atoms with Gasteiger partial charge in [0.05, 0.1) is 12.1 Å². The number of aryl methyl sites for hydroxylation is 1. The van der Waals surface area contributed by atoms with E-state index in [9.17, 15) is 4.79 Å². The molecule has 0 bridgehead atoms. The Kier molecular flexibility index (Phi) is 8.45. The molecule has 0 saturated heterocycles. The summed E-state index contributed by atoms with van der Waals surface area (Å²) in [4.78, 5) is 17.6. The van der Waals surface area contributed by atoms with Crippen molar-refractivity contribution in [2.45, 2.75) is 33.7 Å². The maximum atomic E-state index is 13.6. The lowest BCUT2D eigenvalue weighted by atomic mass is 10.0. The van der Waals surface area contributed by atoms with E-state index in [0.29, 0.717) is 25.3 Å². The first-order valence-corrected chi connectivity index (χ1v) is 11.2. The molecule has 0 aliphatic heterocycles. The fourth-order valence-electron chi connectivity index (χ4n) is 3.85. The van der Waals surface area contributed by atoms with Crippen LogP contribution < -0.4 is 4.90 Å². The molecule has 1 aromatic heterocycles. The van der Waals surface area contributed by atoms with Gasteiger partial charge in [0.25, 0.3) is 5.91 Å². The van der Waals surface area contributed by atoms with E-state index < -0.39 is 0 Å². The number of hydrogen-bond donors (Lipinski definition) is 0. The third-order valence-corrected chi connectivity index (χ3v) is 5.65. The first-order valence-electron chi connectivity index (χ1n) is 11.2. The quantitative estimate of drug-likeness (QED) is 0.389. The molecule has 0 N–H and O–H groups in total. The third kappa shape index (κ3) is 5.37. The van der Waals surface area contributed by atoms with Gasteiger partial charge < -0.3 is 19.1 Å². The lowest BCUT2D eigenvalue weighted by Crippen LogP contribution is -2.33. The Morgan fingerprint density at radius 2 is 1.72 bits per heavy atom. The molecule has 32 heavy (non-hydrogen) atoms. The van der Waals surface area contributed by atoms with Crippen molar-refractivity contribution >= 4 is 11.8 Å². The predicted octanol–water partition coefficient (Wildman–Crippen LogP) is 5.18. The maximum Gasteiger partial charge on any atom is 0.254 e. The van der Waals surface area contributed by atoms with Crippen LogP contribution in [-0.4, -0.2) is 49.3 Å². The lowest BCUT2D eigenvalue weighted by molar-refractivity contribution is 0.0723. The van der Waals surface area contributed by atoms with Gasteiger partial charge in [0.15, 0.2) is 0 Å². The highest BCUT2D eigenvalue weighted by Crippen LogP contribution is 2.33. The van der Waals surface area contributed by atoms with Gasteiger partial charge in [-0.15, -0.1) is 0 Å². The number of rotatable bonds is 11. The molecule has 1 heterocycles. The van der Waals surface area contributed by atoms with Crippen molar-refractivity contribution in [3.63, 3.8) is 0 Å². The molecule has 1 amide bonds. The summed E-state index contributed by atoms with van der Waals surface area (Å²) < 4.78 is 11.1. The smallest absolute Gasteiger partial charge is 0.254 e. The number of nitrogens with zero attached hydrogens (tertiary/aromatic N) is 3. The van der Waals surface area contributed by atoms with Gasteiger partial charge in [-0.05, 0) is 38.8 Å². The molecule has 0 aliphatic carbocycles. The number of hydrogen-bond acceptors (Lipinski definition) is 5. The maximum absolute atomic E-state index is 13.6. The Bertz CT molecular complexity index is 997. The number of anilines is 1. The van der Waals surface area contributed by atoms with E-state index >= 15 is 0 Å². The highest BCUT2D eigenvalue weighted by molar-refractivity contribution is 5.95. The summed E-state index contributed by atoms with van der Waals surface area (Å²) in [5.74, 6) is 0.730. The third-order valence-electron chi connectivity index (χ3n) is 5.65. The zero-order valence-corrected chi connectivity index (χ0v) is 19.5. The van der Waals surface area contributed by atoms with Gasteiger partial charge in [-0.3, -0.25) is 4.79 Å². The van der Waals surface area contributed by atoms with Crippen LogP contribution in [0, 0.1) is 6.92 Å². The lowest BCUT2D eigenvalue weighted by Gasteiger charge is -2.25. The summed E-state index contributed by atoms with van der Waals surface area (Å²) in [6.45, 7) is 9.32. The normalized spacial score (nSPS) is 10.9. The second-order valence-corrected chi connectivity index (χ2v) is 7.74. The van der Waals surface area contributed by atoms with Crippen LogP contribution in [-0.2, 0) is 11.3 Å². The number of ether oxygens (including phenoxy) is 1. The monoisotopic (exact) mass is 435 g/mol. The van der Waals surface area contributed by atoms with Gasteiger partial charge in [0.2, 0.25) is 5.88 Å². The molecule has 0 spiro atoms. The first kappa shape index (κ1) is 23.5. The fraction of sp³-hybridized carbons (Fsp3) is 0.385. The van der Waals surface area contributed by atoms with Crippen molar-refractivity contribution in [3.8, 4) is 11.3 Å². The standard InChI is InChI=1S/C26H33N3O3/c1-5-28(6-2)26-23(24(27-32-26)21-14-8-7-9-15-21)19-29(17-12-18-31-4)25(30)22-16-11-10-13-20(22)3/h7-11,13-16H,5-6,12,17-19H2,1-4H3. The molecule has 3 aromatic rings. The molecule has 6 heteroatoms. The summed E-state index contributed by atoms with van der Waals surface area (Å²) in [5.41, 5.74) is 4.37. The number of carbonyl (C=O) groups excluding carboxylic acids is 1. The molecule has 0 atom stereocenters. The Labute approximate surface area is 190 Å². The van der Waals surface area contributed by atoms with E-state index in [0.717, 1.165) is 47.8 Å². The average Bonchev–Trinajstić information content (AvgIpc) is 3.23. The van der Waals surface area contributed by atoms with Crippen LogP contribution in [0.25, 0.3) is 11.3 Å². The minimum atomic E-state index is 0.00455. The molecule has 0 unspecified atom stereocenters. The number of amides is 1. The molecule has 0 fully saturated rings. The van der Waals surface area contributed by atoms with Gasteiger partial charge in [0, 0.05) is 44.5 Å². The molecular formula is C26H33N3O3. The van der Waals surface area contributed by atoms with Crippen LogP contribution in [0.2, 0.25) is 0 Å². The van der Waals surface area contributed by atoms with Gasteiger partial charge in [0.1, 0.15) is 5.69 Å². The molecule has 3 rings (SSSR count). The molecule has 2 aromatic carbocycles. The summed E-state index contributed by atoms with van der Waals surface area (Å²) in [5, 5.41) is 4.42. The zero-order valence-electron chi connectivity index (χ0n) is 19.5. The predicted molar refractivity (Wildman–Crippen MR) is 128 cm³/mol. The van der Waals surface area contributed by atoms with Crippen LogP contribution in [0.15, 0.2) is 59.1 Å². The fourth-order valence-corrected chi connectivity index (χ4v) is 3.85. The van der Waals surface area contributed by atoms with E-state index in [1.54, 1.807) is 7.11 Å². The Morgan fingerprint density at radius 1 is 1.03 bits per heavy atom. The van der Waals surface area contributed by atoms with Crippen molar-refractivity contribution in [2.75, 3.05) is 38.3 Å². The number of aromatic nitrogens is 1. The summed E-state index contributed by atoms with van der Waals surface area (Å²) in [6, 6.07) is 17.7. The number of carbonyl (C=O) groups is 1. The topological polar surface area (TPSA) is 58.8 Å². The van der Waals surface area contributed by atoms with Gasteiger partial charge in [-0.2, -0.15) is 0 Å². The van der Waals surface area contributed by atoms with Crippen LogP contribution in [0.3, 0.4) is 0 Å². The highest BCUT2D eigenvalue weighted by Gasteiger charge is 2.26. The molecule has 6 nitrogen and oxygen atoms in total. The second-order valence-electron chi connectivity index (χ2n) is 7.74.